The summed E-state index contributed by atoms with van der Waals surface area (Å²) in [4.78, 5) is 23.1. The van der Waals surface area contributed by atoms with Gasteiger partial charge in [-0.25, -0.2) is 0 Å². The van der Waals surface area contributed by atoms with Crippen LogP contribution in [0, 0.1) is 41.4 Å². The molecule has 0 aromatic rings. The average Bonchev–Trinajstić information content (AvgIpc) is 2.93. The maximum absolute atomic E-state index is 11.8. The highest BCUT2D eigenvalue weighted by molar-refractivity contribution is 5.68. The van der Waals surface area contributed by atoms with E-state index in [0.29, 0.717) is 23.7 Å². The van der Waals surface area contributed by atoms with Gasteiger partial charge in [-0.1, -0.05) is 18.9 Å². The van der Waals surface area contributed by atoms with E-state index < -0.39 is 5.60 Å². The fourth-order valence-corrected chi connectivity index (χ4v) is 6.87. The number of fused-ring (bicyclic) bond motifs is 5. The summed E-state index contributed by atoms with van der Waals surface area (Å²) in [6, 6.07) is 0. The molecule has 2 saturated carbocycles. The maximum Gasteiger partial charge on any atom is 0.307 e. The van der Waals surface area contributed by atoms with Gasteiger partial charge in [-0.05, 0) is 73.8 Å². The van der Waals surface area contributed by atoms with Crippen molar-refractivity contribution in [2.45, 2.75) is 71.3 Å². The Balaban J connectivity index is 1.61. The number of allylic oxidation sites excluding steroid dienone is 4. The number of carbonyl (C=O) groups excluding carboxylic acids is 2. The summed E-state index contributed by atoms with van der Waals surface area (Å²) in [5.74, 6) is 5.44. The van der Waals surface area contributed by atoms with Crippen LogP contribution in [0.5, 0.6) is 0 Å². The third-order valence-electron chi connectivity index (χ3n) is 8.04. The van der Waals surface area contributed by atoms with Gasteiger partial charge in [-0.3, -0.25) is 9.59 Å². The summed E-state index contributed by atoms with van der Waals surface area (Å²) >= 11 is 0. The summed E-state index contributed by atoms with van der Waals surface area (Å²) < 4.78 is 11.2. The SMILES string of the molecule is C#CC1(OC(C)=O)CCC2C3CC=C4C=C(OC(C)=O)CCC4C3CCC21C. The van der Waals surface area contributed by atoms with Crippen molar-refractivity contribution in [3.8, 4) is 12.3 Å². The van der Waals surface area contributed by atoms with E-state index in [0.717, 1.165) is 50.7 Å². The van der Waals surface area contributed by atoms with Crippen molar-refractivity contribution in [3.63, 3.8) is 0 Å². The van der Waals surface area contributed by atoms with Gasteiger partial charge in [-0.15, -0.1) is 6.42 Å². The van der Waals surface area contributed by atoms with Crippen LogP contribution in [0.15, 0.2) is 23.5 Å². The molecule has 4 nitrogen and oxygen atoms in total. The quantitative estimate of drug-likeness (QED) is 0.519. The number of carbonyl (C=O) groups is 2. The maximum atomic E-state index is 11.8. The normalized spacial score (nSPS) is 41.4. The van der Waals surface area contributed by atoms with Gasteiger partial charge >= 0.3 is 11.9 Å². The van der Waals surface area contributed by atoms with Crippen LogP contribution in [0.3, 0.4) is 0 Å². The lowest BCUT2D eigenvalue weighted by Crippen LogP contribution is -2.53. The van der Waals surface area contributed by atoms with Gasteiger partial charge in [0.05, 0.1) is 0 Å². The van der Waals surface area contributed by atoms with Crippen molar-refractivity contribution in [2.24, 2.45) is 29.1 Å². The molecule has 4 aliphatic rings. The fraction of sp³-hybridized carbons (Fsp3) is 0.667. The molecule has 4 aliphatic carbocycles. The van der Waals surface area contributed by atoms with E-state index in [9.17, 15) is 9.59 Å². The lowest BCUT2D eigenvalue weighted by atomic mass is 9.51. The highest BCUT2D eigenvalue weighted by Gasteiger charge is 2.64. The minimum absolute atomic E-state index is 0.145. The Morgan fingerprint density at radius 1 is 1.14 bits per heavy atom. The van der Waals surface area contributed by atoms with Crippen LogP contribution in [0.4, 0.5) is 0 Å². The highest BCUT2D eigenvalue weighted by atomic mass is 16.6. The molecule has 0 aliphatic heterocycles. The molecule has 0 spiro atoms. The van der Waals surface area contributed by atoms with E-state index in [4.69, 9.17) is 15.9 Å². The Bertz CT molecular complexity index is 800. The molecule has 0 aromatic carbocycles. The van der Waals surface area contributed by atoms with Crippen molar-refractivity contribution < 1.29 is 19.1 Å². The van der Waals surface area contributed by atoms with Crippen LogP contribution < -0.4 is 0 Å². The van der Waals surface area contributed by atoms with Crippen molar-refractivity contribution in [3.05, 3.63) is 23.5 Å². The summed E-state index contributed by atoms with van der Waals surface area (Å²) in [7, 11) is 0. The van der Waals surface area contributed by atoms with E-state index in [1.807, 2.05) is 0 Å². The monoisotopic (exact) mass is 382 g/mol. The number of rotatable bonds is 2. The Hall–Kier alpha value is -2.02. The van der Waals surface area contributed by atoms with Crippen LogP contribution >= 0.6 is 0 Å². The van der Waals surface area contributed by atoms with Crippen molar-refractivity contribution in [1.29, 1.82) is 0 Å². The van der Waals surface area contributed by atoms with Crippen LogP contribution in [0.25, 0.3) is 0 Å². The Morgan fingerprint density at radius 2 is 1.93 bits per heavy atom. The molecule has 0 heterocycles. The number of ether oxygens (including phenoxy) is 2. The van der Waals surface area contributed by atoms with Gasteiger partial charge in [0.15, 0.2) is 5.60 Å². The van der Waals surface area contributed by atoms with Crippen molar-refractivity contribution in [2.75, 3.05) is 0 Å². The van der Waals surface area contributed by atoms with E-state index in [2.05, 4.69) is 25.0 Å². The first-order chi connectivity index (χ1) is 13.3. The smallest absolute Gasteiger partial charge is 0.307 e. The number of hydrogen-bond acceptors (Lipinski definition) is 4. The van der Waals surface area contributed by atoms with Crippen molar-refractivity contribution in [1.82, 2.24) is 0 Å². The highest BCUT2D eigenvalue weighted by Crippen LogP contribution is 2.65. The second-order valence-electron chi connectivity index (χ2n) is 9.28. The van der Waals surface area contributed by atoms with E-state index in [1.165, 1.54) is 19.4 Å². The van der Waals surface area contributed by atoms with Crippen LogP contribution in [0.2, 0.25) is 0 Å². The molecule has 0 aromatic heterocycles. The molecule has 0 N–H and O–H groups in total. The Kier molecular flexibility index (Phi) is 4.68. The predicted octanol–water partition coefficient (Wildman–Crippen LogP) is 4.55. The number of hydrogen-bond donors (Lipinski definition) is 0. The van der Waals surface area contributed by atoms with Crippen LogP contribution in [-0.2, 0) is 19.1 Å². The number of esters is 2. The zero-order chi connectivity index (χ0) is 20.1. The van der Waals surface area contributed by atoms with Gasteiger partial charge in [0.1, 0.15) is 5.76 Å². The molecule has 150 valence electrons. The minimum atomic E-state index is -0.757. The number of terminal acetylenes is 1. The third-order valence-corrected chi connectivity index (χ3v) is 8.04. The molecular formula is C24H30O4. The molecule has 28 heavy (non-hydrogen) atoms. The molecular weight excluding hydrogens is 352 g/mol. The molecule has 0 saturated heterocycles. The summed E-state index contributed by atoms with van der Waals surface area (Å²) in [5.41, 5.74) is 0.439. The summed E-state index contributed by atoms with van der Waals surface area (Å²) in [5, 5.41) is 0. The van der Waals surface area contributed by atoms with Gasteiger partial charge in [0.2, 0.25) is 0 Å². The Morgan fingerprint density at radius 3 is 2.61 bits per heavy atom. The molecule has 0 radical (unpaired) electrons. The van der Waals surface area contributed by atoms with Crippen LogP contribution in [0.1, 0.15) is 65.7 Å². The summed E-state index contributed by atoms with van der Waals surface area (Å²) in [6.07, 6.45) is 17.2. The second kappa shape index (κ2) is 6.79. The zero-order valence-electron chi connectivity index (χ0n) is 17.1. The molecule has 2 fully saturated rings. The van der Waals surface area contributed by atoms with Gasteiger partial charge in [0, 0.05) is 25.7 Å². The minimum Gasteiger partial charge on any atom is -0.445 e. The molecule has 4 heteroatoms. The van der Waals surface area contributed by atoms with E-state index in [1.54, 1.807) is 0 Å². The van der Waals surface area contributed by atoms with E-state index in [-0.39, 0.29) is 17.4 Å². The summed E-state index contributed by atoms with van der Waals surface area (Å²) in [6.45, 7) is 5.18. The lowest BCUT2D eigenvalue weighted by Gasteiger charge is -2.54. The second-order valence-corrected chi connectivity index (χ2v) is 9.28. The first-order valence-electron chi connectivity index (χ1n) is 10.6. The van der Waals surface area contributed by atoms with Crippen molar-refractivity contribution >= 4 is 11.9 Å². The van der Waals surface area contributed by atoms with Crippen LogP contribution in [-0.4, -0.2) is 17.5 Å². The lowest BCUT2D eigenvalue weighted by molar-refractivity contribution is -0.167. The zero-order valence-corrected chi connectivity index (χ0v) is 17.1. The largest absolute Gasteiger partial charge is 0.445 e. The molecule has 6 unspecified atom stereocenters. The standard InChI is InChI=1S/C24H30O4/c1-5-24(28-16(3)26)13-11-22-21-8-6-17-14-18(27-15(2)25)7-9-19(17)20(21)10-12-23(22,24)4/h1,6,14,19-22H,7-13H2,2-4H3. The molecule has 0 amide bonds. The first kappa shape index (κ1) is 19.3. The first-order valence-corrected chi connectivity index (χ1v) is 10.6. The average molecular weight is 383 g/mol. The van der Waals surface area contributed by atoms with E-state index >= 15 is 0 Å². The molecule has 0 bridgehead atoms. The Labute approximate surface area is 167 Å². The molecule has 6 atom stereocenters. The topological polar surface area (TPSA) is 52.6 Å². The predicted molar refractivity (Wildman–Crippen MR) is 106 cm³/mol. The molecule has 4 rings (SSSR count). The van der Waals surface area contributed by atoms with Gasteiger partial charge in [0.25, 0.3) is 0 Å². The third kappa shape index (κ3) is 2.82. The van der Waals surface area contributed by atoms with Gasteiger partial charge < -0.3 is 9.47 Å². The fourth-order valence-electron chi connectivity index (χ4n) is 6.87. The van der Waals surface area contributed by atoms with Gasteiger partial charge in [-0.2, -0.15) is 0 Å².